The molecule has 1 aromatic carbocycles. The predicted molar refractivity (Wildman–Crippen MR) is 95.0 cm³/mol. The lowest BCUT2D eigenvalue weighted by Crippen LogP contribution is -2.25. The van der Waals surface area contributed by atoms with Gasteiger partial charge in [-0.15, -0.1) is 0 Å². The SMILES string of the molecule is COc1ccccc1-c1c(C)nn(C)c1NC(=O)C1CC=CCC1. The number of carbonyl (C=O) groups is 1. The van der Waals surface area contributed by atoms with Crippen LogP contribution >= 0.6 is 0 Å². The Bertz CT molecular complexity index is 777. The van der Waals surface area contributed by atoms with Crippen molar-refractivity contribution in [3.8, 4) is 16.9 Å². The number of nitrogens with one attached hydrogen (secondary N) is 1. The highest BCUT2D eigenvalue weighted by atomic mass is 16.5. The molecule has 0 saturated heterocycles. The number of methoxy groups -OCH3 is 1. The Morgan fingerprint density at radius 3 is 2.83 bits per heavy atom. The second-order valence-electron chi connectivity index (χ2n) is 6.10. The van der Waals surface area contributed by atoms with E-state index < -0.39 is 0 Å². The van der Waals surface area contributed by atoms with Gasteiger partial charge in [0.05, 0.1) is 18.4 Å². The van der Waals surface area contributed by atoms with Crippen molar-refractivity contribution >= 4 is 11.7 Å². The first kappa shape index (κ1) is 16.3. The molecule has 0 aliphatic heterocycles. The molecule has 5 heteroatoms. The average Bonchev–Trinajstić information content (AvgIpc) is 2.89. The summed E-state index contributed by atoms with van der Waals surface area (Å²) in [5.74, 6) is 1.57. The molecule has 0 saturated carbocycles. The second kappa shape index (κ2) is 6.91. The van der Waals surface area contributed by atoms with Gasteiger partial charge in [0.2, 0.25) is 5.91 Å². The summed E-state index contributed by atoms with van der Waals surface area (Å²) in [6, 6.07) is 7.80. The average molecular weight is 325 g/mol. The van der Waals surface area contributed by atoms with E-state index in [2.05, 4.69) is 22.6 Å². The van der Waals surface area contributed by atoms with Crippen LogP contribution in [0, 0.1) is 12.8 Å². The van der Waals surface area contributed by atoms with Crippen LogP contribution in [0.3, 0.4) is 0 Å². The molecule has 24 heavy (non-hydrogen) atoms. The monoisotopic (exact) mass is 325 g/mol. The zero-order valence-corrected chi connectivity index (χ0v) is 14.4. The van der Waals surface area contributed by atoms with Gasteiger partial charge in [0.15, 0.2) is 0 Å². The number of benzene rings is 1. The molecule has 1 heterocycles. The number of hydrogen-bond donors (Lipinski definition) is 1. The summed E-state index contributed by atoms with van der Waals surface area (Å²) in [7, 11) is 3.50. The second-order valence-corrected chi connectivity index (χ2v) is 6.10. The Morgan fingerprint density at radius 1 is 1.33 bits per heavy atom. The van der Waals surface area contributed by atoms with Crippen molar-refractivity contribution in [1.29, 1.82) is 0 Å². The van der Waals surface area contributed by atoms with Gasteiger partial charge in [0.1, 0.15) is 11.6 Å². The quantitative estimate of drug-likeness (QED) is 0.872. The number of hydrogen-bond acceptors (Lipinski definition) is 3. The van der Waals surface area contributed by atoms with Crippen LogP contribution in [0.5, 0.6) is 5.75 Å². The number of anilines is 1. The Balaban J connectivity index is 1.97. The molecule has 0 spiro atoms. The molecule has 2 aromatic rings. The fourth-order valence-corrected chi connectivity index (χ4v) is 3.23. The molecule has 3 rings (SSSR count). The molecule has 5 nitrogen and oxygen atoms in total. The van der Waals surface area contributed by atoms with Gasteiger partial charge >= 0.3 is 0 Å². The van der Waals surface area contributed by atoms with Crippen LogP contribution in [0.15, 0.2) is 36.4 Å². The van der Waals surface area contributed by atoms with E-state index in [1.165, 1.54) is 0 Å². The zero-order chi connectivity index (χ0) is 17.1. The molecule has 1 aromatic heterocycles. The van der Waals surface area contributed by atoms with Crippen LogP contribution in [-0.4, -0.2) is 22.8 Å². The highest BCUT2D eigenvalue weighted by molar-refractivity contribution is 5.97. The predicted octanol–water partition coefficient (Wildman–Crippen LogP) is 3.70. The molecule has 0 fully saturated rings. The Morgan fingerprint density at radius 2 is 2.12 bits per heavy atom. The molecule has 1 aliphatic carbocycles. The molecular formula is C19H23N3O2. The van der Waals surface area contributed by atoms with Gasteiger partial charge in [-0.3, -0.25) is 9.48 Å². The van der Waals surface area contributed by atoms with E-state index in [9.17, 15) is 4.79 Å². The van der Waals surface area contributed by atoms with Crippen molar-refractivity contribution in [3.63, 3.8) is 0 Å². The molecule has 126 valence electrons. The number of aromatic nitrogens is 2. The third kappa shape index (κ3) is 3.07. The van der Waals surface area contributed by atoms with E-state index in [0.717, 1.165) is 47.7 Å². The van der Waals surface area contributed by atoms with Crippen molar-refractivity contribution in [2.24, 2.45) is 13.0 Å². The Labute approximate surface area is 142 Å². The molecule has 0 bridgehead atoms. The number of allylic oxidation sites excluding steroid dienone is 2. The summed E-state index contributed by atoms with van der Waals surface area (Å²) in [6.45, 7) is 1.95. The summed E-state index contributed by atoms with van der Waals surface area (Å²) in [6.07, 6.45) is 6.87. The van der Waals surface area contributed by atoms with Gasteiger partial charge in [-0.2, -0.15) is 5.10 Å². The Kier molecular flexibility index (Phi) is 4.69. The summed E-state index contributed by atoms with van der Waals surface area (Å²) in [4.78, 5) is 12.6. The van der Waals surface area contributed by atoms with Crippen LogP contribution in [0.2, 0.25) is 0 Å². The highest BCUT2D eigenvalue weighted by Gasteiger charge is 2.24. The van der Waals surface area contributed by atoms with Gasteiger partial charge < -0.3 is 10.1 Å². The summed E-state index contributed by atoms with van der Waals surface area (Å²) in [5.41, 5.74) is 2.71. The maximum atomic E-state index is 12.6. The van der Waals surface area contributed by atoms with Crippen molar-refractivity contribution < 1.29 is 9.53 Å². The third-order valence-electron chi connectivity index (χ3n) is 4.48. The first-order chi connectivity index (χ1) is 11.6. The van der Waals surface area contributed by atoms with E-state index in [1.54, 1.807) is 11.8 Å². The largest absolute Gasteiger partial charge is 0.496 e. The minimum atomic E-state index is 0.0238. The standard InChI is InChI=1S/C19H23N3O2/c1-13-17(15-11-7-8-12-16(15)24-3)18(22(2)21-13)20-19(23)14-9-5-4-6-10-14/h4-5,7-8,11-12,14H,6,9-10H2,1-3H3,(H,20,23). The summed E-state index contributed by atoms with van der Waals surface area (Å²) >= 11 is 0. The van der Waals surface area contributed by atoms with Gasteiger partial charge in [-0.1, -0.05) is 30.4 Å². The number of para-hydroxylation sites is 1. The van der Waals surface area contributed by atoms with Gasteiger partial charge in [0, 0.05) is 18.5 Å². The van der Waals surface area contributed by atoms with Gasteiger partial charge in [-0.05, 0) is 32.3 Å². The summed E-state index contributed by atoms with van der Waals surface area (Å²) < 4.78 is 7.21. The third-order valence-corrected chi connectivity index (χ3v) is 4.48. The van der Waals surface area contributed by atoms with Crippen LogP contribution in [0.4, 0.5) is 5.82 Å². The molecule has 1 aliphatic rings. The molecule has 1 unspecified atom stereocenters. The maximum Gasteiger partial charge on any atom is 0.228 e. The van der Waals surface area contributed by atoms with Crippen LogP contribution in [0.1, 0.15) is 25.0 Å². The zero-order valence-electron chi connectivity index (χ0n) is 14.4. The van der Waals surface area contributed by atoms with Gasteiger partial charge in [0.25, 0.3) is 0 Å². The van der Waals surface area contributed by atoms with Crippen molar-refractivity contribution in [2.45, 2.75) is 26.2 Å². The van der Waals surface area contributed by atoms with E-state index >= 15 is 0 Å². The van der Waals surface area contributed by atoms with E-state index in [4.69, 9.17) is 4.74 Å². The van der Waals surface area contributed by atoms with Crippen molar-refractivity contribution in [1.82, 2.24) is 9.78 Å². The lowest BCUT2D eigenvalue weighted by Gasteiger charge is -2.18. The van der Waals surface area contributed by atoms with Gasteiger partial charge in [-0.25, -0.2) is 0 Å². The number of carbonyl (C=O) groups excluding carboxylic acids is 1. The lowest BCUT2D eigenvalue weighted by molar-refractivity contribution is -0.120. The minimum absolute atomic E-state index is 0.0238. The molecule has 1 N–H and O–H groups in total. The summed E-state index contributed by atoms with van der Waals surface area (Å²) in [5, 5.41) is 7.58. The van der Waals surface area contributed by atoms with Crippen molar-refractivity contribution in [2.75, 3.05) is 12.4 Å². The van der Waals surface area contributed by atoms with Crippen LogP contribution in [0.25, 0.3) is 11.1 Å². The first-order valence-electron chi connectivity index (χ1n) is 8.24. The molecule has 0 radical (unpaired) electrons. The number of ether oxygens (including phenoxy) is 1. The smallest absolute Gasteiger partial charge is 0.228 e. The van der Waals surface area contributed by atoms with Crippen molar-refractivity contribution in [3.05, 3.63) is 42.1 Å². The number of aryl methyl sites for hydroxylation is 2. The molecule has 1 amide bonds. The fraction of sp³-hybridized carbons (Fsp3) is 0.368. The van der Waals surface area contributed by atoms with Crippen LogP contribution < -0.4 is 10.1 Å². The first-order valence-corrected chi connectivity index (χ1v) is 8.24. The number of rotatable bonds is 4. The fourth-order valence-electron chi connectivity index (χ4n) is 3.23. The lowest BCUT2D eigenvalue weighted by atomic mass is 9.93. The van der Waals surface area contributed by atoms with Crippen LogP contribution in [-0.2, 0) is 11.8 Å². The molecule has 1 atom stereocenters. The topological polar surface area (TPSA) is 56.1 Å². The Hall–Kier alpha value is -2.56. The van der Waals surface area contributed by atoms with E-state index in [-0.39, 0.29) is 11.8 Å². The van der Waals surface area contributed by atoms with E-state index in [1.807, 2.05) is 38.2 Å². The highest BCUT2D eigenvalue weighted by Crippen LogP contribution is 2.37. The molecular weight excluding hydrogens is 302 g/mol. The number of amides is 1. The normalized spacial score (nSPS) is 16.9. The number of nitrogens with zero attached hydrogens (tertiary/aromatic N) is 2. The maximum absolute atomic E-state index is 12.6. The van der Waals surface area contributed by atoms with E-state index in [0.29, 0.717) is 0 Å². The minimum Gasteiger partial charge on any atom is -0.496 e.